The Labute approximate surface area is 120 Å². The van der Waals surface area contributed by atoms with Gasteiger partial charge in [-0.2, -0.15) is 5.10 Å². The summed E-state index contributed by atoms with van der Waals surface area (Å²) >= 11 is 6.30. The van der Waals surface area contributed by atoms with Gasteiger partial charge in [-0.3, -0.25) is 4.68 Å². The molecule has 5 heteroatoms. The summed E-state index contributed by atoms with van der Waals surface area (Å²) in [5.74, 6) is 0.833. The van der Waals surface area contributed by atoms with E-state index < -0.39 is 0 Å². The summed E-state index contributed by atoms with van der Waals surface area (Å²) in [4.78, 5) is 0. The highest BCUT2D eigenvalue weighted by Crippen LogP contribution is 2.35. The molecule has 1 aromatic rings. The zero-order chi connectivity index (χ0) is 14.3. The second kappa shape index (κ2) is 5.43. The first kappa shape index (κ1) is 14.8. The molecule has 1 aromatic heterocycles. The molecule has 0 radical (unpaired) electrons. The van der Waals surface area contributed by atoms with Gasteiger partial charge in [-0.25, -0.2) is 0 Å². The number of nitrogens with zero attached hydrogens (tertiary/aromatic N) is 2. The van der Waals surface area contributed by atoms with Crippen molar-refractivity contribution in [2.75, 3.05) is 0 Å². The van der Waals surface area contributed by atoms with Crippen molar-refractivity contribution in [3.63, 3.8) is 0 Å². The van der Waals surface area contributed by atoms with Gasteiger partial charge >= 0.3 is 0 Å². The first-order chi connectivity index (χ1) is 8.82. The van der Waals surface area contributed by atoms with Crippen LogP contribution in [0.4, 0.5) is 0 Å². The van der Waals surface area contributed by atoms with E-state index in [0.717, 1.165) is 22.8 Å². The number of aryl methyl sites for hydroxylation is 2. The average molecular weight is 286 g/mol. The van der Waals surface area contributed by atoms with Crippen molar-refractivity contribution in [1.29, 1.82) is 0 Å². The molecule has 1 fully saturated rings. The minimum Gasteiger partial charge on any atom is -0.375 e. The second-order valence-electron chi connectivity index (χ2n) is 5.82. The Kier molecular flexibility index (Phi) is 4.23. The zero-order valence-corrected chi connectivity index (χ0v) is 13.1. The molecule has 19 heavy (non-hydrogen) atoms. The largest absolute Gasteiger partial charge is 0.375 e. The molecular weight excluding hydrogens is 262 g/mol. The van der Waals surface area contributed by atoms with E-state index in [1.807, 2.05) is 18.7 Å². The highest BCUT2D eigenvalue weighted by molar-refractivity contribution is 6.31. The Hall–Kier alpha value is -0.580. The van der Waals surface area contributed by atoms with E-state index in [4.69, 9.17) is 22.1 Å². The summed E-state index contributed by atoms with van der Waals surface area (Å²) in [6.07, 6.45) is 1.22. The normalized spacial score (nSPS) is 32.8. The monoisotopic (exact) mass is 285 g/mol. The molecule has 0 aliphatic carbocycles. The third kappa shape index (κ3) is 2.67. The maximum Gasteiger partial charge on any atom is 0.0847 e. The molecule has 4 nitrogen and oxygen atoms in total. The van der Waals surface area contributed by atoms with Gasteiger partial charge in [0.1, 0.15) is 0 Å². The summed E-state index contributed by atoms with van der Waals surface area (Å²) in [5.41, 5.74) is 8.30. The minimum atomic E-state index is 0.0437. The molecule has 1 aliphatic rings. The van der Waals surface area contributed by atoms with Crippen molar-refractivity contribution in [3.05, 3.63) is 16.4 Å². The fourth-order valence-corrected chi connectivity index (χ4v) is 3.53. The first-order valence-corrected chi connectivity index (χ1v) is 7.29. The molecule has 0 aromatic carbocycles. The Balaban J connectivity index is 2.15. The lowest BCUT2D eigenvalue weighted by Gasteiger charge is -2.25. The van der Waals surface area contributed by atoms with E-state index in [1.54, 1.807) is 0 Å². The number of hydrogen-bond donors (Lipinski definition) is 1. The van der Waals surface area contributed by atoms with Crippen molar-refractivity contribution >= 4 is 11.6 Å². The van der Waals surface area contributed by atoms with E-state index in [2.05, 4.69) is 25.9 Å². The van der Waals surface area contributed by atoms with Crippen LogP contribution < -0.4 is 5.73 Å². The van der Waals surface area contributed by atoms with Crippen molar-refractivity contribution in [2.45, 2.75) is 52.4 Å². The molecule has 1 aliphatic heterocycles. The summed E-state index contributed by atoms with van der Waals surface area (Å²) in [5, 5.41) is 5.08. The predicted molar refractivity (Wildman–Crippen MR) is 77.3 cm³/mol. The van der Waals surface area contributed by atoms with Crippen LogP contribution in [0, 0.1) is 18.8 Å². The second-order valence-corrected chi connectivity index (χ2v) is 6.20. The predicted octanol–water partition coefficient (Wildman–Crippen LogP) is 2.31. The quantitative estimate of drug-likeness (QED) is 0.927. The lowest BCUT2D eigenvalue weighted by molar-refractivity contribution is 0.0489. The van der Waals surface area contributed by atoms with E-state index in [1.165, 1.54) is 0 Å². The van der Waals surface area contributed by atoms with Crippen LogP contribution in [-0.2, 0) is 18.2 Å². The Morgan fingerprint density at radius 3 is 2.42 bits per heavy atom. The minimum absolute atomic E-state index is 0.0437. The Morgan fingerprint density at radius 1 is 1.37 bits per heavy atom. The molecule has 0 amide bonds. The van der Waals surface area contributed by atoms with Crippen LogP contribution in [0.3, 0.4) is 0 Å². The number of halogens is 1. The van der Waals surface area contributed by atoms with Crippen molar-refractivity contribution in [3.8, 4) is 0 Å². The fourth-order valence-electron chi connectivity index (χ4n) is 3.29. The number of rotatable bonds is 3. The molecular formula is C14H24ClN3O. The van der Waals surface area contributed by atoms with Gasteiger partial charge in [0.05, 0.1) is 28.6 Å². The van der Waals surface area contributed by atoms with E-state index in [9.17, 15) is 0 Å². The Bertz CT molecular complexity index is 460. The maximum absolute atomic E-state index is 6.42. The van der Waals surface area contributed by atoms with Gasteiger partial charge in [-0.15, -0.1) is 0 Å². The SMILES string of the molecule is Cc1nn(C)c(CC(N)C2C(C)OC(C)C2C)c1Cl. The van der Waals surface area contributed by atoms with Gasteiger partial charge in [0.15, 0.2) is 0 Å². The van der Waals surface area contributed by atoms with E-state index in [-0.39, 0.29) is 18.2 Å². The van der Waals surface area contributed by atoms with Crippen LogP contribution in [0.5, 0.6) is 0 Å². The number of nitrogens with two attached hydrogens (primary N) is 1. The van der Waals surface area contributed by atoms with Crippen LogP contribution >= 0.6 is 11.6 Å². The van der Waals surface area contributed by atoms with Crippen LogP contribution in [0.25, 0.3) is 0 Å². The summed E-state index contributed by atoms with van der Waals surface area (Å²) in [6.45, 7) is 8.37. The zero-order valence-electron chi connectivity index (χ0n) is 12.4. The highest BCUT2D eigenvalue weighted by Gasteiger charge is 2.40. The van der Waals surface area contributed by atoms with Crippen molar-refractivity contribution < 1.29 is 4.74 Å². The van der Waals surface area contributed by atoms with Gasteiger partial charge in [0.2, 0.25) is 0 Å². The van der Waals surface area contributed by atoms with Crippen molar-refractivity contribution in [1.82, 2.24) is 9.78 Å². The van der Waals surface area contributed by atoms with Gasteiger partial charge in [0.25, 0.3) is 0 Å². The lowest BCUT2D eigenvalue weighted by atomic mass is 9.82. The topological polar surface area (TPSA) is 53.1 Å². The molecule has 0 spiro atoms. The fraction of sp³-hybridized carbons (Fsp3) is 0.786. The summed E-state index contributed by atoms with van der Waals surface area (Å²) in [7, 11) is 1.92. The van der Waals surface area contributed by atoms with Crippen molar-refractivity contribution in [2.24, 2.45) is 24.6 Å². The summed E-state index contributed by atoms with van der Waals surface area (Å²) < 4.78 is 7.71. The molecule has 1 saturated heterocycles. The lowest BCUT2D eigenvalue weighted by Crippen LogP contribution is -2.39. The van der Waals surface area contributed by atoms with Gasteiger partial charge < -0.3 is 10.5 Å². The van der Waals surface area contributed by atoms with Crippen LogP contribution in [-0.4, -0.2) is 28.0 Å². The van der Waals surface area contributed by atoms with E-state index in [0.29, 0.717) is 11.8 Å². The van der Waals surface area contributed by atoms with Crippen LogP contribution in [0.2, 0.25) is 5.02 Å². The first-order valence-electron chi connectivity index (χ1n) is 6.92. The Morgan fingerprint density at radius 2 is 2.00 bits per heavy atom. The van der Waals surface area contributed by atoms with Crippen LogP contribution in [0.15, 0.2) is 0 Å². The smallest absolute Gasteiger partial charge is 0.0847 e. The molecule has 2 rings (SSSR count). The molecule has 108 valence electrons. The third-order valence-electron chi connectivity index (χ3n) is 4.50. The maximum atomic E-state index is 6.42. The van der Waals surface area contributed by atoms with Gasteiger partial charge in [-0.05, 0) is 26.7 Å². The molecule has 5 atom stereocenters. The third-order valence-corrected chi connectivity index (χ3v) is 5.00. The average Bonchev–Trinajstić information content (AvgIpc) is 2.70. The number of aromatic nitrogens is 2. The summed E-state index contributed by atoms with van der Waals surface area (Å²) in [6, 6.07) is 0.0437. The van der Waals surface area contributed by atoms with Gasteiger partial charge in [-0.1, -0.05) is 18.5 Å². The highest BCUT2D eigenvalue weighted by atomic mass is 35.5. The number of ether oxygens (including phenoxy) is 1. The molecule has 2 N–H and O–H groups in total. The molecule has 2 heterocycles. The van der Waals surface area contributed by atoms with E-state index >= 15 is 0 Å². The number of hydrogen-bond acceptors (Lipinski definition) is 3. The standard InChI is InChI=1S/C14H24ClN3O/c1-7-9(3)19-10(4)13(7)11(16)6-12-14(15)8(2)17-18(12)5/h7,9-11,13H,6,16H2,1-5H3. The van der Waals surface area contributed by atoms with Crippen LogP contribution in [0.1, 0.15) is 32.2 Å². The molecule has 0 saturated carbocycles. The van der Waals surface area contributed by atoms with Gasteiger partial charge in [0, 0.05) is 25.4 Å². The molecule has 5 unspecified atom stereocenters. The molecule has 0 bridgehead atoms.